The number of rotatable bonds is 5. The molecule has 0 amide bonds. The summed E-state index contributed by atoms with van der Waals surface area (Å²) >= 11 is 0. The second-order valence-corrected chi connectivity index (χ2v) is 4.69. The van der Waals surface area contributed by atoms with E-state index in [4.69, 9.17) is 0 Å². The lowest BCUT2D eigenvalue weighted by molar-refractivity contribution is -0.384. The number of nitrogens with zero attached hydrogens (tertiary/aromatic N) is 3. The van der Waals surface area contributed by atoms with Crippen LogP contribution < -0.4 is 5.32 Å². The number of nitro groups is 1. The normalized spacial score (nSPS) is 10.8. The molecule has 0 fully saturated rings. The van der Waals surface area contributed by atoms with Crippen LogP contribution in [0.2, 0.25) is 0 Å². The van der Waals surface area contributed by atoms with E-state index >= 15 is 0 Å². The Kier molecular flexibility index (Phi) is 4.14. The van der Waals surface area contributed by atoms with Crippen molar-refractivity contribution in [1.82, 2.24) is 15.1 Å². The van der Waals surface area contributed by atoms with Gasteiger partial charge in [-0.2, -0.15) is 5.10 Å². The number of benzene rings is 1. The first kappa shape index (κ1) is 14.2. The molecule has 20 heavy (non-hydrogen) atoms. The van der Waals surface area contributed by atoms with Gasteiger partial charge < -0.3 is 5.32 Å². The van der Waals surface area contributed by atoms with Crippen molar-refractivity contribution in [2.75, 3.05) is 6.54 Å². The Bertz CT molecular complexity index is 634. The van der Waals surface area contributed by atoms with Crippen LogP contribution in [0.5, 0.6) is 0 Å². The number of hydrogen-bond acceptors (Lipinski definition) is 4. The number of nitro benzene ring substituents is 1. The molecule has 6 nitrogen and oxygen atoms in total. The summed E-state index contributed by atoms with van der Waals surface area (Å²) in [5.41, 5.74) is 3.79. The Morgan fingerprint density at radius 1 is 1.40 bits per heavy atom. The lowest BCUT2D eigenvalue weighted by atomic mass is 10.2. The van der Waals surface area contributed by atoms with E-state index in [-0.39, 0.29) is 5.69 Å². The number of non-ortho nitro benzene ring substituents is 1. The molecule has 1 N–H and O–H groups in total. The fraction of sp³-hybridized carbons (Fsp3) is 0.357. The molecule has 0 saturated heterocycles. The van der Waals surface area contributed by atoms with Crippen LogP contribution in [0.15, 0.2) is 24.4 Å². The lowest BCUT2D eigenvalue weighted by Crippen LogP contribution is -2.11. The molecule has 0 bridgehead atoms. The average molecular weight is 274 g/mol. The van der Waals surface area contributed by atoms with Crippen molar-refractivity contribution in [2.24, 2.45) is 0 Å². The molecular weight excluding hydrogens is 256 g/mol. The SMILES string of the molecule is CCNCc1cn(-c2cc([N+](=O)[O-])ccc2C)nc1C. The summed E-state index contributed by atoms with van der Waals surface area (Å²) in [6.45, 7) is 7.54. The Morgan fingerprint density at radius 2 is 2.15 bits per heavy atom. The van der Waals surface area contributed by atoms with E-state index in [9.17, 15) is 10.1 Å². The molecule has 2 rings (SSSR count). The summed E-state index contributed by atoms with van der Waals surface area (Å²) in [6.07, 6.45) is 1.92. The van der Waals surface area contributed by atoms with E-state index in [0.717, 1.165) is 35.6 Å². The van der Waals surface area contributed by atoms with Crippen LogP contribution in [-0.4, -0.2) is 21.2 Å². The minimum Gasteiger partial charge on any atom is -0.313 e. The van der Waals surface area contributed by atoms with Crippen molar-refractivity contribution in [3.05, 3.63) is 51.3 Å². The summed E-state index contributed by atoms with van der Waals surface area (Å²) in [7, 11) is 0. The zero-order valence-corrected chi connectivity index (χ0v) is 11.9. The van der Waals surface area contributed by atoms with Crippen molar-refractivity contribution >= 4 is 5.69 Å². The van der Waals surface area contributed by atoms with E-state index in [1.54, 1.807) is 16.8 Å². The molecule has 1 heterocycles. The van der Waals surface area contributed by atoms with E-state index in [0.29, 0.717) is 0 Å². The first-order valence-electron chi connectivity index (χ1n) is 6.54. The van der Waals surface area contributed by atoms with Gasteiger partial charge in [0.1, 0.15) is 0 Å². The molecule has 1 aromatic heterocycles. The Hall–Kier alpha value is -2.21. The van der Waals surface area contributed by atoms with Crippen molar-refractivity contribution in [3.63, 3.8) is 0 Å². The van der Waals surface area contributed by atoms with Gasteiger partial charge in [-0.3, -0.25) is 10.1 Å². The standard InChI is InChI=1S/C14H18N4O2/c1-4-15-8-12-9-17(16-11(12)3)14-7-13(18(19)20)6-5-10(14)2/h5-7,9,15H,4,8H2,1-3H3. The highest BCUT2D eigenvalue weighted by molar-refractivity contribution is 5.48. The molecule has 0 saturated carbocycles. The largest absolute Gasteiger partial charge is 0.313 e. The van der Waals surface area contributed by atoms with Gasteiger partial charge in [0.2, 0.25) is 0 Å². The van der Waals surface area contributed by atoms with Gasteiger partial charge in [0.25, 0.3) is 5.69 Å². The van der Waals surface area contributed by atoms with Gasteiger partial charge in [-0.25, -0.2) is 4.68 Å². The molecule has 0 aliphatic rings. The zero-order chi connectivity index (χ0) is 14.7. The number of aromatic nitrogens is 2. The smallest absolute Gasteiger partial charge is 0.271 e. The second-order valence-electron chi connectivity index (χ2n) is 4.69. The van der Waals surface area contributed by atoms with Gasteiger partial charge in [-0.15, -0.1) is 0 Å². The Morgan fingerprint density at radius 3 is 2.80 bits per heavy atom. The van der Waals surface area contributed by atoms with Gasteiger partial charge in [0.15, 0.2) is 0 Å². The van der Waals surface area contributed by atoms with Gasteiger partial charge in [0.05, 0.1) is 16.3 Å². The van der Waals surface area contributed by atoms with Crippen molar-refractivity contribution in [1.29, 1.82) is 0 Å². The van der Waals surface area contributed by atoms with Crippen molar-refractivity contribution < 1.29 is 4.92 Å². The van der Waals surface area contributed by atoms with Gasteiger partial charge >= 0.3 is 0 Å². The molecule has 0 atom stereocenters. The highest BCUT2D eigenvalue weighted by Gasteiger charge is 2.12. The topological polar surface area (TPSA) is 73.0 Å². The third kappa shape index (κ3) is 2.85. The number of hydrogen-bond donors (Lipinski definition) is 1. The zero-order valence-electron chi connectivity index (χ0n) is 11.9. The van der Waals surface area contributed by atoms with Crippen LogP contribution in [0.3, 0.4) is 0 Å². The first-order chi connectivity index (χ1) is 9.52. The van der Waals surface area contributed by atoms with Crippen LogP contribution in [0, 0.1) is 24.0 Å². The summed E-state index contributed by atoms with van der Waals surface area (Å²) in [5, 5.41) is 18.6. The Labute approximate surface area is 117 Å². The predicted molar refractivity (Wildman–Crippen MR) is 77.1 cm³/mol. The quantitative estimate of drug-likeness (QED) is 0.671. The van der Waals surface area contributed by atoms with Crippen molar-refractivity contribution in [3.8, 4) is 5.69 Å². The maximum atomic E-state index is 10.9. The third-order valence-corrected chi connectivity index (χ3v) is 3.22. The van der Waals surface area contributed by atoms with Crippen molar-refractivity contribution in [2.45, 2.75) is 27.3 Å². The molecule has 1 aromatic carbocycles. The molecule has 106 valence electrons. The molecule has 6 heteroatoms. The average Bonchev–Trinajstić information content (AvgIpc) is 2.77. The highest BCUT2D eigenvalue weighted by Crippen LogP contribution is 2.21. The van der Waals surface area contributed by atoms with Gasteiger partial charge in [0, 0.05) is 30.4 Å². The first-order valence-corrected chi connectivity index (χ1v) is 6.54. The molecule has 0 aliphatic carbocycles. The minimum atomic E-state index is -0.390. The summed E-state index contributed by atoms with van der Waals surface area (Å²) < 4.78 is 1.71. The molecular formula is C14H18N4O2. The second kappa shape index (κ2) is 5.83. The van der Waals surface area contributed by atoms with E-state index in [1.807, 2.05) is 27.0 Å². The fourth-order valence-electron chi connectivity index (χ4n) is 2.01. The minimum absolute atomic E-state index is 0.0759. The van der Waals surface area contributed by atoms with Crippen LogP contribution in [-0.2, 0) is 6.54 Å². The van der Waals surface area contributed by atoms with Crippen LogP contribution in [0.25, 0.3) is 5.69 Å². The molecule has 0 aliphatic heterocycles. The number of aryl methyl sites for hydroxylation is 2. The highest BCUT2D eigenvalue weighted by atomic mass is 16.6. The van der Waals surface area contributed by atoms with Crippen LogP contribution in [0.4, 0.5) is 5.69 Å². The van der Waals surface area contributed by atoms with Crippen LogP contribution in [0.1, 0.15) is 23.7 Å². The summed E-state index contributed by atoms with van der Waals surface area (Å²) in [5.74, 6) is 0. The van der Waals surface area contributed by atoms with Gasteiger partial charge in [-0.1, -0.05) is 13.0 Å². The summed E-state index contributed by atoms with van der Waals surface area (Å²) in [4.78, 5) is 10.5. The molecule has 0 spiro atoms. The maximum Gasteiger partial charge on any atom is 0.271 e. The Balaban J connectivity index is 2.40. The molecule has 2 aromatic rings. The monoisotopic (exact) mass is 274 g/mol. The van der Waals surface area contributed by atoms with E-state index in [2.05, 4.69) is 10.4 Å². The molecule has 0 radical (unpaired) electrons. The summed E-state index contributed by atoms with van der Waals surface area (Å²) in [6, 6.07) is 4.81. The maximum absolute atomic E-state index is 10.9. The van der Waals surface area contributed by atoms with E-state index in [1.165, 1.54) is 6.07 Å². The van der Waals surface area contributed by atoms with Gasteiger partial charge in [-0.05, 0) is 26.0 Å². The predicted octanol–water partition coefficient (Wildman–Crippen LogP) is 2.51. The van der Waals surface area contributed by atoms with Crippen LogP contribution >= 0.6 is 0 Å². The van der Waals surface area contributed by atoms with E-state index < -0.39 is 4.92 Å². The fourth-order valence-corrected chi connectivity index (χ4v) is 2.01. The third-order valence-electron chi connectivity index (χ3n) is 3.22. The molecule has 0 unspecified atom stereocenters. The number of nitrogens with one attached hydrogen (secondary N) is 1. The lowest BCUT2D eigenvalue weighted by Gasteiger charge is -2.05.